The minimum Gasteiger partial charge on any atom is -0.507 e. The Hall–Kier alpha value is -2.78. The molecule has 2 aliphatic heterocycles. The van der Waals surface area contributed by atoms with Gasteiger partial charge in [0.25, 0.3) is 5.56 Å². The number of nitrogens with zero attached hydrogens (tertiary/aromatic N) is 4. The van der Waals surface area contributed by atoms with Gasteiger partial charge in [-0.15, -0.1) is 10.2 Å². The van der Waals surface area contributed by atoms with E-state index in [0.29, 0.717) is 22.7 Å². The van der Waals surface area contributed by atoms with Crippen molar-refractivity contribution in [1.29, 1.82) is 0 Å². The highest BCUT2D eigenvalue weighted by Crippen LogP contribution is 2.43. The molecular weight excluding hydrogens is 441 g/mol. The number of rotatable bonds is 5. The van der Waals surface area contributed by atoms with Crippen molar-refractivity contribution in [2.75, 3.05) is 4.90 Å². The van der Waals surface area contributed by atoms with Crippen molar-refractivity contribution < 1.29 is 9.50 Å². The second-order valence-electron chi connectivity index (χ2n) is 9.42. The lowest BCUT2D eigenvalue weighted by Gasteiger charge is -2.40. The fourth-order valence-electron chi connectivity index (χ4n) is 5.21. The van der Waals surface area contributed by atoms with E-state index in [1.807, 2.05) is 12.1 Å². The fourth-order valence-corrected chi connectivity index (χ4v) is 6.22. The summed E-state index contributed by atoms with van der Waals surface area (Å²) in [6.45, 7) is 0. The first-order valence-electron chi connectivity index (χ1n) is 11.5. The van der Waals surface area contributed by atoms with Gasteiger partial charge in [-0.3, -0.25) is 4.79 Å². The maximum atomic E-state index is 15.3. The molecule has 3 fully saturated rings. The van der Waals surface area contributed by atoms with Crippen molar-refractivity contribution in [1.82, 2.24) is 20.1 Å². The average molecular weight is 468 g/mol. The van der Waals surface area contributed by atoms with Gasteiger partial charge in [0.15, 0.2) is 5.01 Å². The number of phenolic OH excluding ortho intramolecular Hbond substituents is 1. The number of benzene rings is 1. The third kappa shape index (κ3) is 3.73. The van der Waals surface area contributed by atoms with Crippen molar-refractivity contribution in [3.8, 4) is 27.4 Å². The van der Waals surface area contributed by atoms with E-state index in [2.05, 4.69) is 20.4 Å². The van der Waals surface area contributed by atoms with E-state index in [9.17, 15) is 9.90 Å². The van der Waals surface area contributed by atoms with E-state index in [4.69, 9.17) is 0 Å². The number of nitrogens with one attached hydrogen (secondary N) is 1. The number of halogens is 1. The number of aromatic hydroxyl groups is 1. The molecule has 3 aromatic rings. The van der Waals surface area contributed by atoms with Crippen LogP contribution in [0, 0.1) is 0 Å². The second-order valence-corrected chi connectivity index (χ2v) is 10.4. The van der Waals surface area contributed by atoms with E-state index in [1.54, 1.807) is 31.4 Å². The molecule has 7 nitrogen and oxygen atoms in total. The summed E-state index contributed by atoms with van der Waals surface area (Å²) >= 11 is 1.40. The largest absolute Gasteiger partial charge is 0.507 e. The normalized spacial score (nSPS) is 26.5. The van der Waals surface area contributed by atoms with Crippen LogP contribution < -0.4 is 15.8 Å². The molecule has 9 heteroatoms. The smallest absolute Gasteiger partial charge is 0.250 e. The van der Waals surface area contributed by atoms with Crippen LogP contribution in [0.15, 0.2) is 41.3 Å². The first-order chi connectivity index (χ1) is 16.0. The molecule has 2 aromatic heterocycles. The van der Waals surface area contributed by atoms with Gasteiger partial charge < -0.3 is 19.9 Å². The van der Waals surface area contributed by atoms with Crippen LogP contribution in [0.4, 0.5) is 9.52 Å². The Morgan fingerprint density at radius 3 is 2.73 bits per heavy atom. The highest BCUT2D eigenvalue weighted by Gasteiger charge is 2.48. The number of hydrogen-bond donors (Lipinski definition) is 2. The van der Waals surface area contributed by atoms with Gasteiger partial charge in [-0.1, -0.05) is 17.4 Å². The highest BCUT2D eigenvalue weighted by atomic mass is 32.1. The molecular formula is C24H26FN5O2S. The van der Waals surface area contributed by atoms with E-state index >= 15 is 4.39 Å². The SMILES string of the molecule is Cn1ccc(-c2ccc(-c3nnc(N(C4CC4)[C@@H]4CC5CCC(N5)[C@@H]4F)s3)c(O)c2)cc1=O. The van der Waals surface area contributed by atoms with Crippen molar-refractivity contribution in [2.45, 2.75) is 62.4 Å². The van der Waals surface area contributed by atoms with Crippen LogP contribution in [-0.4, -0.2) is 50.2 Å². The molecule has 0 radical (unpaired) electrons. The van der Waals surface area contributed by atoms with Crippen molar-refractivity contribution in [2.24, 2.45) is 7.05 Å². The lowest BCUT2D eigenvalue weighted by molar-refractivity contribution is 0.172. The molecule has 2 bridgehead atoms. The lowest BCUT2D eigenvalue weighted by atomic mass is 9.96. The van der Waals surface area contributed by atoms with E-state index in [-0.39, 0.29) is 23.4 Å². The predicted octanol–water partition coefficient (Wildman–Crippen LogP) is 3.48. The number of piperidine rings is 1. The molecule has 33 heavy (non-hydrogen) atoms. The monoisotopic (exact) mass is 467 g/mol. The molecule has 4 heterocycles. The minimum absolute atomic E-state index is 0.0613. The van der Waals surface area contributed by atoms with Crippen molar-refractivity contribution in [3.05, 3.63) is 46.9 Å². The lowest BCUT2D eigenvalue weighted by Crippen LogP contribution is -2.57. The van der Waals surface area contributed by atoms with Crippen molar-refractivity contribution >= 4 is 16.5 Å². The summed E-state index contributed by atoms with van der Waals surface area (Å²) in [4.78, 5) is 14.1. The Labute approximate surface area is 194 Å². The number of alkyl halides is 1. The van der Waals surface area contributed by atoms with Gasteiger partial charge in [-0.25, -0.2) is 4.39 Å². The number of hydrogen-bond acceptors (Lipinski definition) is 7. The van der Waals surface area contributed by atoms with Gasteiger partial charge in [0.1, 0.15) is 11.9 Å². The Morgan fingerprint density at radius 1 is 1.15 bits per heavy atom. The van der Waals surface area contributed by atoms with Gasteiger partial charge >= 0.3 is 0 Å². The number of phenols is 1. The first-order valence-corrected chi connectivity index (χ1v) is 12.3. The van der Waals surface area contributed by atoms with Gasteiger partial charge in [0.2, 0.25) is 5.13 Å². The highest BCUT2D eigenvalue weighted by molar-refractivity contribution is 7.18. The Bertz CT molecular complexity index is 1260. The van der Waals surface area contributed by atoms with E-state index in [1.165, 1.54) is 15.9 Å². The summed E-state index contributed by atoms with van der Waals surface area (Å²) in [5.41, 5.74) is 1.97. The second kappa shape index (κ2) is 7.92. The first kappa shape index (κ1) is 20.8. The quantitative estimate of drug-likeness (QED) is 0.598. The third-order valence-corrected chi connectivity index (χ3v) is 8.12. The molecule has 4 atom stereocenters. The zero-order valence-electron chi connectivity index (χ0n) is 18.3. The van der Waals surface area contributed by atoms with Crippen LogP contribution in [0.5, 0.6) is 5.75 Å². The molecule has 2 saturated heterocycles. The molecule has 6 rings (SSSR count). The number of aromatic nitrogens is 3. The summed E-state index contributed by atoms with van der Waals surface area (Å²) in [7, 11) is 1.70. The molecule has 3 aliphatic rings. The number of anilines is 1. The van der Waals surface area contributed by atoms with Crippen LogP contribution in [0.25, 0.3) is 21.7 Å². The van der Waals surface area contributed by atoms with Crippen LogP contribution in [-0.2, 0) is 7.05 Å². The standard InChI is InChI=1S/C24H26FN5O2S/c1-29-9-8-14(11-21(29)32)13-2-6-17(20(31)10-13)23-27-28-24(33-23)30(16-4-5-16)19-12-15-3-7-18(26-15)22(19)25/h2,6,8-11,15-16,18-19,22,26,31H,3-5,7,12H2,1H3/t15?,18?,19-,22+/m1/s1. The van der Waals surface area contributed by atoms with E-state index in [0.717, 1.165) is 48.4 Å². The van der Waals surface area contributed by atoms with Gasteiger partial charge in [0, 0.05) is 37.4 Å². The molecule has 2 N–H and O–H groups in total. The van der Waals surface area contributed by atoms with Gasteiger partial charge in [-0.2, -0.15) is 0 Å². The number of pyridine rings is 1. The molecule has 1 aliphatic carbocycles. The van der Waals surface area contributed by atoms with Crippen LogP contribution in [0.1, 0.15) is 32.1 Å². The Morgan fingerprint density at radius 2 is 1.97 bits per heavy atom. The Kier molecular flexibility index (Phi) is 4.99. The summed E-state index contributed by atoms with van der Waals surface area (Å²) in [6.07, 6.45) is 5.62. The maximum absolute atomic E-state index is 15.3. The maximum Gasteiger partial charge on any atom is 0.250 e. The van der Waals surface area contributed by atoms with Crippen molar-refractivity contribution in [3.63, 3.8) is 0 Å². The summed E-state index contributed by atoms with van der Waals surface area (Å²) < 4.78 is 16.8. The number of aryl methyl sites for hydroxylation is 1. The Balaban J connectivity index is 1.29. The minimum atomic E-state index is -0.914. The van der Waals surface area contributed by atoms with Gasteiger partial charge in [0.05, 0.1) is 11.6 Å². The summed E-state index contributed by atoms with van der Waals surface area (Å²) in [6, 6.07) is 9.17. The molecule has 0 amide bonds. The summed E-state index contributed by atoms with van der Waals surface area (Å²) in [5.74, 6) is 0.0807. The zero-order valence-corrected chi connectivity index (χ0v) is 19.1. The van der Waals surface area contributed by atoms with Crippen LogP contribution >= 0.6 is 11.3 Å². The molecule has 2 unspecified atom stereocenters. The molecule has 172 valence electrons. The van der Waals surface area contributed by atoms with E-state index < -0.39 is 6.17 Å². The number of fused-ring (bicyclic) bond motifs is 2. The zero-order chi connectivity index (χ0) is 22.7. The fraction of sp³-hybridized carbons (Fsp3) is 0.458. The summed E-state index contributed by atoms with van der Waals surface area (Å²) in [5, 5.41) is 24.3. The molecule has 1 saturated carbocycles. The van der Waals surface area contributed by atoms with Crippen LogP contribution in [0.3, 0.4) is 0 Å². The average Bonchev–Trinajstić information content (AvgIpc) is 3.37. The predicted molar refractivity (Wildman–Crippen MR) is 126 cm³/mol. The third-order valence-electron chi connectivity index (χ3n) is 7.15. The molecule has 1 aromatic carbocycles. The molecule has 0 spiro atoms. The topological polar surface area (TPSA) is 83.3 Å². The van der Waals surface area contributed by atoms with Gasteiger partial charge in [-0.05, 0) is 61.4 Å². The van der Waals surface area contributed by atoms with Crippen LogP contribution in [0.2, 0.25) is 0 Å².